The zero-order valence-electron chi connectivity index (χ0n) is 15.0. The molecule has 1 saturated heterocycles. The van der Waals surface area contributed by atoms with Gasteiger partial charge in [0.15, 0.2) is 0 Å². The summed E-state index contributed by atoms with van der Waals surface area (Å²) in [6, 6.07) is 3.81. The number of morpholine rings is 1. The summed E-state index contributed by atoms with van der Waals surface area (Å²) in [5.74, 6) is -1.12. The number of carboxylic acids is 1. The van der Waals surface area contributed by atoms with Gasteiger partial charge in [-0.2, -0.15) is 4.31 Å². The molecule has 1 saturated carbocycles. The van der Waals surface area contributed by atoms with E-state index in [-0.39, 0.29) is 30.8 Å². The van der Waals surface area contributed by atoms with Crippen molar-refractivity contribution in [2.45, 2.75) is 18.4 Å². The van der Waals surface area contributed by atoms with Crippen LogP contribution in [0.15, 0.2) is 24.5 Å². The number of nitrogens with zero attached hydrogens (tertiary/aromatic N) is 3. The van der Waals surface area contributed by atoms with E-state index in [1.807, 2.05) is 12.1 Å². The summed E-state index contributed by atoms with van der Waals surface area (Å²) in [5.41, 5.74) is 1.05. The third-order valence-corrected chi connectivity index (χ3v) is 6.07. The second-order valence-electron chi connectivity index (χ2n) is 6.96. The molecule has 1 aromatic rings. The van der Waals surface area contributed by atoms with Crippen LogP contribution < -0.4 is 0 Å². The van der Waals surface area contributed by atoms with Gasteiger partial charge in [-0.25, -0.2) is 8.42 Å². The molecule has 3 rings (SSSR count). The molecule has 27 heavy (non-hydrogen) atoms. The minimum Gasteiger partial charge on any atom is -0.480 e. The van der Waals surface area contributed by atoms with Crippen molar-refractivity contribution in [2.24, 2.45) is 5.92 Å². The van der Waals surface area contributed by atoms with Crippen molar-refractivity contribution >= 4 is 21.9 Å². The number of carbonyl (C=O) groups is 2. The molecule has 0 bridgehead atoms. The summed E-state index contributed by atoms with van der Waals surface area (Å²) in [7, 11) is -3.68. The maximum Gasteiger partial charge on any atom is 0.318 e. The van der Waals surface area contributed by atoms with Crippen LogP contribution in [0.3, 0.4) is 0 Å². The predicted molar refractivity (Wildman–Crippen MR) is 95.5 cm³/mol. The van der Waals surface area contributed by atoms with E-state index in [1.54, 1.807) is 17.3 Å². The Balaban J connectivity index is 1.59. The lowest BCUT2D eigenvalue weighted by atomic mass is 10.1. The fraction of sp³-hybridized carbons (Fsp3) is 0.588. The molecule has 2 fully saturated rings. The van der Waals surface area contributed by atoms with Crippen LogP contribution >= 0.6 is 0 Å². The number of ether oxygens (including phenoxy) is 1. The first-order valence-corrected chi connectivity index (χ1v) is 10.6. The minimum absolute atomic E-state index is 0.0290. The Hall–Kier alpha value is -2.04. The van der Waals surface area contributed by atoms with Crippen LogP contribution in [0.1, 0.15) is 17.9 Å². The van der Waals surface area contributed by atoms with E-state index >= 15 is 0 Å². The van der Waals surface area contributed by atoms with Gasteiger partial charge < -0.3 is 14.7 Å². The summed E-state index contributed by atoms with van der Waals surface area (Å²) in [5, 5.41) is 8.92. The third kappa shape index (κ3) is 5.02. The number of sulfonamides is 1. The van der Waals surface area contributed by atoms with Crippen LogP contribution in [0.5, 0.6) is 0 Å². The molecular weight excluding hydrogens is 374 g/mol. The Morgan fingerprint density at radius 3 is 2.85 bits per heavy atom. The highest BCUT2D eigenvalue weighted by Crippen LogP contribution is 2.48. The standard InChI is InChI=1S/C17H23N3O6S/c1-27(24,25)20(11-16(21)22)10-13-9-19(5-6-26-13)17(23)15-7-14(15)12-3-2-4-18-8-12/h2-4,8,13-15H,5-7,9-11H2,1H3,(H,21,22). The summed E-state index contributed by atoms with van der Waals surface area (Å²) >= 11 is 0. The summed E-state index contributed by atoms with van der Waals surface area (Å²) in [6.45, 7) is 0.277. The average Bonchev–Trinajstić information content (AvgIpc) is 3.41. The molecule has 9 nitrogen and oxygen atoms in total. The number of hydrogen-bond acceptors (Lipinski definition) is 6. The lowest BCUT2D eigenvalue weighted by Crippen LogP contribution is -2.51. The van der Waals surface area contributed by atoms with Crippen molar-refractivity contribution in [3.63, 3.8) is 0 Å². The number of amides is 1. The van der Waals surface area contributed by atoms with Crippen LogP contribution in [0.25, 0.3) is 0 Å². The monoisotopic (exact) mass is 397 g/mol. The second kappa shape index (κ2) is 7.91. The number of rotatable bonds is 7. The largest absolute Gasteiger partial charge is 0.480 e. The van der Waals surface area contributed by atoms with Crippen LogP contribution in [-0.4, -0.2) is 84.7 Å². The zero-order valence-corrected chi connectivity index (χ0v) is 15.8. The molecule has 1 amide bonds. The number of carbonyl (C=O) groups excluding carboxylic acids is 1. The molecule has 148 valence electrons. The maximum absolute atomic E-state index is 12.8. The number of carboxylic acid groups (broad SMARTS) is 1. The van der Waals surface area contributed by atoms with E-state index in [9.17, 15) is 18.0 Å². The van der Waals surface area contributed by atoms with Crippen molar-refractivity contribution in [3.8, 4) is 0 Å². The number of hydrogen-bond donors (Lipinski definition) is 1. The van der Waals surface area contributed by atoms with Gasteiger partial charge in [0, 0.05) is 37.9 Å². The van der Waals surface area contributed by atoms with E-state index in [0.717, 1.165) is 22.5 Å². The highest BCUT2D eigenvalue weighted by atomic mass is 32.2. The SMILES string of the molecule is CS(=O)(=O)N(CC(=O)O)CC1CN(C(=O)C2CC2c2cccnc2)CCO1. The Kier molecular flexibility index (Phi) is 5.78. The van der Waals surface area contributed by atoms with Crippen LogP contribution in [0, 0.1) is 5.92 Å². The topological polar surface area (TPSA) is 117 Å². The first-order valence-electron chi connectivity index (χ1n) is 8.73. The van der Waals surface area contributed by atoms with Gasteiger partial charge in [-0.3, -0.25) is 14.6 Å². The van der Waals surface area contributed by atoms with E-state index in [0.29, 0.717) is 13.2 Å². The average molecular weight is 397 g/mol. The molecule has 0 radical (unpaired) electrons. The Morgan fingerprint density at radius 1 is 1.44 bits per heavy atom. The van der Waals surface area contributed by atoms with Crippen molar-refractivity contribution in [1.29, 1.82) is 0 Å². The maximum atomic E-state index is 12.8. The summed E-state index contributed by atoms with van der Waals surface area (Å²) in [4.78, 5) is 29.5. The highest BCUT2D eigenvalue weighted by molar-refractivity contribution is 7.88. The first kappa shape index (κ1) is 19.7. The smallest absolute Gasteiger partial charge is 0.318 e. The van der Waals surface area contributed by atoms with Gasteiger partial charge in [-0.1, -0.05) is 6.07 Å². The Labute approximate surface area is 158 Å². The van der Waals surface area contributed by atoms with Gasteiger partial charge in [0.05, 0.1) is 19.0 Å². The van der Waals surface area contributed by atoms with Crippen LogP contribution in [0.4, 0.5) is 0 Å². The second-order valence-corrected chi connectivity index (χ2v) is 8.94. The molecule has 3 atom stereocenters. The quantitative estimate of drug-likeness (QED) is 0.675. The molecule has 1 N–H and O–H groups in total. The van der Waals surface area contributed by atoms with Crippen molar-refractivity contribution in [3.05, 3.63) is 30.1 Å². The fourth-order valence-electron chi connectivity index (χ4n) is 3.39. The molecular formula is C17H23N3O6S. The van der Waals surface area contributed by atoms with Gasteiger partial charge in [-0.15, -0.1) is 0 Å². The molecule has 1 aliphatic carbocycles. The molecule has 0 spiro atoms. The molecule has 1 aromatic heterocycles. The number of aromatic nitrogens is 1. The highest BCUT2D eigenvalue weighted by Gasteiger charge is 2.46. The van der Waals surface area contributed by atoms with Gasteiger partial charge >= 0.3 is 5.97 Å². The Morgan fingerprint density at radius 2 is 2.22 bits per heavy atom. The summed E-state index contributed by atoms with van der Waals surface area (Å²) in [6.07, 6.45) is 4.66. The van der Waals surface area contributed by atoms with Gasteiger partial charge in [0.25, 0.3) is 0 Å². The molecule has 2 aliphatic rings. The normalized spacial score (nSPS) is 25.4. The van der Waals surface area contributed by atoms with Crippen molar-refractivity contribution < 1.29 is 27.9 Å². The number of pyridine rings is 1. The van der Waals surface area contributed by atoms with E-state index in [2.05, 4.69) is 4.98 Å². The van der Waals surface area contributed by atoms with Gasteiger partial charge in [0.1, 0.15) is 6.54 Å². The van der Waals surface area contributed by atoms with Gasteiger partial charge in [-0.05, 0) is 24.0 Å². The zero-order chi connectivity index (χ0) is 19.6. The Bertz CT molecular complexity index is 800. The molecule has 10 heteroatoms. The van der Waals surface area contributed by atoms with Crippen molar-refractivity contribution in [2.75, 3.05) is 39.0 Å². The number of aliphatic carboxylic acids is 1. The first-order chi connectivity index (χ1) is 12.8. The van der Waals surface area contributed by atoms with E-state index in [1.165, 1.54) is 0 Å². The van der Waals surface area contributed by atoms with E-state index in [4.69, 9.17) is 9.84 Å². The van der Waals surface area contributed by atoms with E-state index < -0.39 is 28.6 Å². The lowest BCUT2D eigenvalue weighted by Gasteiger charge is -2.35. The fourth-order valence-corrected chi connectivity index (χ4v) is 4.17. The minimum atomic E-state index is -3.68. The van der Waals surface area contributed by atoms with Crippen LogP contribution in [-0.2, 0) is 24.3 Å². The predicted octanol–water partition coefficient (Wildman–Crippen LogP) is -0.241. The van der Waals surface area contributed by atoms with Gasteiger partial charge in [0.2, 0.25) is 15.9 Å². The lowest BCUT2D eigenvalue weighted by molar-refractivity contribution is -0.142. The third-order valence-electron chi connectivity index (χ3n) is 4.86. The molecule has 1 aliphatic heterocycles. The molecule has 3 unspecified atom stereocenters. The van der Waals surface area contributed by atoms with Crippen LogP contribution in [0.2, 0.25) is 0 Å². The molecule has 2 heterocycles. The van der Waals surface area contributed by atoms with Crippen molar-refractivity contribution in [1.82, 2.24) is 14.2 Å². The molecule has 0 aromatic carbocycles. The summed E-state index contributed by atoms with van der Waals surface area (Å²) < 4.78 is 30.0.